The zero-order valence-electron chi connectivity index (χ0n) is 14.3. The maximum absolute atomic E-state index is 12.2. The second kappa shape index (κ2) is 8.11. The first-order valence-electron chi connectivity index (χ1n) is 8.33. The lowest BCUT2D eigenvalue weighted by Gasteiger charge is -2.17. The highest BCUT2D eigenvalue weighted by molar-refractivity contribution is 6.00. The molecule has 1 fully saturated rings. The number of aryl methyl sites for hydroxylation is 1. The number of amides is 2. The van der Waals surface area contributed by atoms with Gasteiger partial charge >= 0.3 is 0 Å². The Morgan fingerprint density at radius 3 is 2.61 bits per heavy atom. The van der Waals surface area contributed by atoms with Crippen LogP contribution in [0.25, 0.3) is 0 Å². The summed E-state index contributed by atoms with van der Waals surface area (Å²) in [6, 6.07) is 8.01. The van der Waals surface area contributed by atoms with E-state index in [-0.39, 0.29) is 17.7 Å². The summed E-state index contributed by atoms with van der Waals surface area (Å²) in [5, 5.41) is 2.95. The van der Waals surface area contributed by atoms with E-state index in [2.05, 4.69) is 17.1 Å². The third kappa shape index (κ3) is 4.79. The predicted octanol–water partition coefficient (Wildman–Crippen LogP) is 1.67. The number of rotatable bonds is 7. The second-order valence-corrected chi connectivity index (χ2v) is 6.37. The lowest BCUT2D eigenvalue weighted by molar-refractivity contribution is -0.126. The summed E-state index contributed by atoms with van der Waals surface area (Å²) >= 11 is 0. The number of nitrogens with one attached hydrogen (secondary N) is 1. The van der Waals surface area contributed by atoms with E-state index in [0.717, 1.165) is 25.1 Å². The molecule has 0 aromatic heterocycles. The van der Waals surface area contributed by atoms with Gasteiger partial charge in [0, 0.05) is 25.2 Å². The van der Waals surface area contributed by atoms with Crippen LogP contribution in [0.5, 0.6) is 0 Å². The Bertz CT molecular complexity index is 540. The molecule has 0 aliphatic carbocycles. The summed E-state index contributed by atoms with van der Waals surface area (Å²) in [7, 11) is 4.03. The maximum atomic E-state index is 12.2. The molecule has 1 saturated heterocycles. The quantitative estimate of drug-likeness (QED) is 0.778. The number of nitrogens with zero attached hydrogens (tertiary/aromatic N) is 2. The standard InChI is InChI=1S/C18H27N3O2/c1-4-14-6-8-16(9-7-14)21-13-15(12-17(21)22)18(23)19-10-5-11-20(2)3/h6-9,15H,4-5,10-13H2,1-3H3,(H,19,23)/t15-/m1/s1. The van der Waals surface area contributed by atoms with Crippen molar-refractivity contribution in [2.24, 2.45) is 5.92 Å². The first-order chi connectivity index (χ1) is 11.0. The van der Waals surface area contributed by atoms with Gasteiger partial charge in [0.2, 0.25) is 11.8 Å². The van der Waals surface area contributed by atoms with E-state index in [9.17, 15) is 9.59 Å². The highest BCUT2D eigenvalue weighted by atomic mass is 16.2. The van der Waals surface area contributed by atoms with Gasteiger partial charge in [0.05, 0.1) is 5.92 Å². The average Bonchev–Trinajstić information content (AvgIpc) is 2.93. The highest BCUT2D eigenvalue weighted by Crippen LogP contribution is 2.25. The molecule has 5 nitrogen and oxygen atoms in total. The minimum absolute atomic E-state index is 0.00946. The van der Waals surface area contributed by atoms with Gasteiger partial charge in [0.25, 0.3) is 0 Å². The highest BCUT2D eigenvalue weighted by Gasteiger charge is 2.34. The normalized spacial score (nSPS) is 17.8. The molecular weight excluding hydrogens is 290 g/mol. The fourth-order valence-corrected chi connectivity index (χ4v) is 2.80. The van der Waals surface area contributed by atoms with E-state index in [1.54, 1.807) is 4.90 Å². The Kier molecular flexibility index (Phi) is 6.16. The van der Waals surface area contributed by atoms with E-state index in [1.807, 2.05) is 38.4 Å². The Hall–Kier alpha value is -1.88. The molecule has 0 bridgehead atoms. The van der Waals surface area contributed by atoms with Gasteiger partial charge in [-0.15, -0.1) is 0 Å². The first kappa shape index (κ1) is 17.5. The molecule has 1 aromatic carbocycles. The van der Waals surface area contributed by atoms with Crippen LogP contribution in [0.1, 0.15) is 25.3 Å². The third-order valence-corrected chi connectivity index (χ3v) is 4.23. The summed E-state index contributed by atoms with van der Waals surface area (Å²) in [6.45, 7) is 4.18. The summed E-state index contributed by atoms with van der Waals surface area (Å²) < 4.78 is 0. The van der Waals surface area contributed by atoms with Gasteiger partial charge in [-0.1, -0.05) is 19.1 Å². The largest absolute Gasteiger partial charge is 0.356 e. The van der Waals surface area contributed by atoms with Crippen LogP contribution in [0.2, 0.25) is 0 Å². The monoisotopic (exact) mass is 317 g/mol. The summed E-state index contributed by atoms with van der Waals surface area (Å²) in [5.41, 5.74) is 2.13. The van der Waals surface area contributed by atoms with Crippen LogP contribution in [0.4, 0.5) is 5.69 Å². The summed E-state index contributed by atoms with van der Waals surface area (Å²) in [4.78, 5) is 28.2. The van der Waals surface area contributed by atoms with E-state index in [4.69, 9.17) is 0 Å². The van der Waals surface area contributed by atoms with Crippen LogP contribution in [-0.2, 0) is 16.0 Å². The van der Waals surface area contributed by atoms with E-state index < -0.39 is 0 Å². The molecule has 5 heteroatoms. The van der Waals surface area contributed by atoms with Crippen LogP contribution < -0.4 is 10.2 Å². The van der Waals surface area contributed by atoms with Gasteiger partial charge in [0.1, 0.15) is 0 Å². The first-order valence-corrected chi connectivity index (χ1v) is 8.33. The van der Waals surface area contributed by atoms with Crippen molar-refractivity contribution in [1.82, 2.24) is 10.2 Å². The van der Waals surface area contributed by atoms with Crippen molar-refractivity contribution in [1.29, 1.82) is 0 Å². The minimum Gasteiger partial charge on any atom is -0.356 e. The van der Waals surface area contributed by atoms with Crippen LogP contribution in [0.3, 0.4) is 0 Å². The fourth-order valence-electron chi connectivity index (χ4n) is 2.80. The van der Waals surface area contributed by atoms with Crippen LogP contribution in [-0.4, -0.2) is 50.4 Å². The van der Waals surface area contributed by atoms with E-state index >= 15 is 0 Å². The van der Waals surface area contributed by atoms with Crippen molar-refractivity contribution in [2.45, 2.75) is 26.2 Å². The maximum Gasteiger partial charge on any atom is 0.227 e. The SMILES string of the molecule is CCc1ccc(N2C[C@H](C(=O)NCCCN(C)C)CC2=O)cc1. The lowest BCUT2D eigenvalue weighted by Crippen LogP contribution is -2.34. The van der Waals surface area contributed by atoms with E-state index in [0.29, 0.717) is 19.5 Å². The Morgan fingerprint density at radius 1 is 1.30 bits per heavy atom. The van der Waals surface area contributed by atoms with Crippen molar-refractivity contribution in [3.63, 3.8) is 0 Å². The van der Waals surface area contributed by atoms with Crippen molar-refractivity contribution >= 4 is 17.5 Å². The van der Waals surface area contributed by atoms with Gasteiger partial charge in [-0.2, -0.15) is 0 Å². The van der Waals surface area contributed by atoms with Gasteiger partial charge in [-0.05, 0) is 51.2 Å². The van der Waals surface area contributed by atoms with Crippen molar-refractivity contribution in [2.75, 3.05) is 38.6 Å². The molecule has 2 amide bonds. The number of carbonyl (C=O) groups is 2. The van der Waals surface area contributed by atoms with Gasteiger partial charge in [-0.25, -0.2) is 0 Å². The molecular formula is C18H27N3O2. The number of carbonyl (C=O) groups excluding carboxylic acids is 2. The molecule has 1 aliphatic rings. The van der Waals surface area contributed by atoms with E-state index in [1.165, 1.54) is 5.56 Å². The number of anilines is 1. The molecule has 1 N–H and O–H groups in total. The van der Waals surface area contributed by atoms with Crippen molar-refractivity contribution in [3.8, 4) is 0 Å². The number of benzene rings is 1. The molecule has 0 radical (unpaired) electrons. The Morgan fingerprint density at radius 2 is 2.00 bits per heavy atom. The number of hydrogen-bond acceptors (Lipinski definition) is 3. The van der Waals surface area contributed by atoms with Crippen LogP contribution in [0.15, 0.2) is 24.3 Å². The molecule has 1 atom stereocenters. The van der Waals surface area contributed by atoms with Gasteiger partial charge in [-0.3, -0.25) is 9.59 Å². The average molecular weight is 317 g/mol. The lowest BCUT2D eigenvalue weighted by atomic mass is 10.1. The zero-order valence-corrected chi connectivity index (χ0v) is 14.3. The summed E-state index contributed by atoms with van der Waals surface area (Å²) in [6.07, 6.45) is 2.20. The van der Waals surface area contributed by atoms with Gasteiger partial charge < -0.3 is 15.1 Å². The molecule has 1 aliphatic heterocycles. The Labute approximate surface area is 138 Å². The number of hydrogen-bond donors (Lipinski definition) is 1. The molecule has 126 valence electrons. The topological polar surface area (TPSA) is 52.7 Å². The van der Waals surface area contributed by atoms with Gasteiger partial charge in [0.15, 0.2) is 0 Å². The zero-order chi connectivity index (χ0) is 16.8. The molecule has 2 rings (SSSR count). The molecule has 23 heavy (non-hydrogen) atoms. The minimum atomic E-state index is -0.243. The molecule has 1 heterocycles. The van der Waals surface area contributed by atoms with Crippen LogP contribution >= 0.6 is 0 Å². The molecule has 0 saturated carbocycles. The fraction of sp³-hybridized carbons (Fsp3) is 0.556. The molecule has 1 aromatic rings. The second-order valence-electron chi connectivity index (χ2n) is 6.37. The molecule has 0 unspecified atom stereocenters. The van der Waals surface area contributed by atoms with Crippen LogP contribution in [0, 0.1) is 5.92 Å². The Balaban J connectivity index is 1.87. The molecule has 0 spiro atoms. The summed E-state index contributed by atoms with van der Waals surface area (Å²) in [5.74, 6) is -0.222. The third-order valence-electron chi connectivity index (χ3n) is 4.23. The smallest absolute Gasteiger partial charge is 0.227 e. The predicted molar refractivity (Wildman–Crippen MR) is 92.5 cm³/mol. The van der Waals surface area contributed by atoms with Crippen molar-refractivity contribution < 1.29 is 9.59 Å². The van der Waals surface area contributed by atoms with Crippen molar-refractivity contribution in [3.05, 3.63) is 29.8 Å².